The van der Waals surface area contributed by atoms with Crippen LogP contribution in [0, 0.1) is 0 Å². The summed E-state index contributed by atoms with van der Waals surface area (Å²) in [6.07, 6.45) is 0.469. The minimum absolute atomic E-state index is 0.0153. The summed E-state index contributed by atoms with van der Waals surface area (Å²) < 4.78 is 29.8. The van der Waals surface area contributed by atoms with Gasteiger partial charge in [0.1, 0.15) is 5.75 Å². The van der Waals surface area contributed by atoms with Crippen LogP contribution in [-0.2, 0) is 16.4 Å². The third-order valence-corrected chi connectivity index (χ3v) is 7.47. The lowest BCUT2D eigenvalue weighted by atomic mass is 10.1. The fourth-order valence-corrected chi connectivity index (χ4v) is 5.77. The van der Waals surface area contributed by atoms with E-state index in [0.29, 0.717) is 30.9 Å². The van der Waals surface area contributed by atoms with Crippen molar-refractivity contribution in [1.29, 1.82) is 0 Å². The zero-order valence-electron chi connectivity index (χ0n) is 18.6. The molecule has 1 atom stereocenters. The largest absolute Gasteiger partial charge is 0.494 e. The fraction of sp³-hybridized carbons (Fsp3) is 0.458. The Hall–Kier alpha value is -2.54. The number of sulfone groups is 1. The molecule has 3 rings (SSSR count). The van der Waals surface area contributed by atoms with E-state index < -0.39 is 9.84 Å². The smallest absolute Gasteiger partial charge is 0.254 e. The van der Waals surface area contributed by atoms with Crippen molar-refractivity contribution in [2.75, 3.05) is 36.1 Å². The van der Waals surface area contributed by atoms with E-state index in [1.54, 1.807) is 23.1 Å². The highest BCUT2D eigenvalue weighted by Gasteiger charge is 2.35. The Balaban J connectivity index is 1.86. The quantitative estimate of drug-likeness (QED) is 0.589. The predicted octanol–water partition coefficient (Wildman–Crippen LogP) is 3.76. The van der Waals surface area contributed by atoms with Crippen LogP contribution in [0.3, 0.4) is 0 Å². The lowest BCUT2D eigenvalue weighted by molar-refractivity contribution is 0.0680. The van der Waals surface area contributed by atoms with E-state index in [0.717, 1.165) is 24.3 Å². The van der Waals surface area contributed by atoms with Crippen molar-refractivity contribution in [3.8, 4) is 5.75 Å². The van der Waals surface area contributed by atoms with Gasteiger partial charge in [-0.2, -0.15) is 0 Å². The molecule has 0 aromatic heterocycles. The molecule has 0 radical (unpaired) electrons. The average molecular weight is 445 g/mol. The standard InChI is InChI=1S/C24H32N2O4S/c1-4-25(5-2)21-12-10-19(11-13-21)17-26(22-14-15-31(28,29)18-22)24(27)20-8-7-9-23(16-20)30-6-3/h7-13,16,22H,4-6,14-15,17-18H2,1-3H3/t22-/m0/s1. The number of anilines is 1. The molecule has 1 amide bonds. The zero-order chi connectivity index (χ0) is 22.4. The van der Waals surface area contributed by atoms with Gasteiger partial charge in [-0.25, -0.2) is 8.42 Å². The van der Waals surface area contributed by atoms with E-state index >= 15 is 0 Å². The number of nitrogens with zero attached hydrogens (tertiary/aromatic N) is 2. The Morgan fingerprint density at radius 1 is 1.06 bits per heavy atom. The Morgan fingerprint density at radius 2 is 1.77 bits per heavy atom. The number of benzene rings is 2. The van der Waals surface area contributed by atoms with Crippen molar-refractivity contribution in [2.45, 2.75) is 39.8 Å². The topological polar surface area (TPSA) is 66.9 Å². The van der Waals surface area contributed by atoms with E-state index in [2.05, 4.69) is 30.9 Å². The zero-order valence-corrected chi connectivity index (χ0v) is 19.4. The first kappa shape index (κ1) is 23.1. The highest BCUT2D eigenvalue weighted by Crippen LogP contribution is 2.25. The van der Waals surface area contributed by atoms with Gasteiger partial charge in [0.2, 0.25) is 0 Å². The molecule has 0 unspecified atom stereocenters. The van der Waals surface area contributed by atoms with Gasteiger partial charge in [-0.1, -0.05) is 18.2 Å². The SMILES string of the molecule is CCOc1cccc(C(=O)N(Cc2ccc(N(CC)CC)cc2)[C@H]2CCS(=O)(=O)C2)c1. The summed E-state index contributed by atoms with van der Waals surface area (Å²) in [7, 11) is -3.12. The molecule has 31 heavy (non-hydrogen) atoms. The van der Waals surface area contributed by atoms with Gasteiger partial charge in [-0.3, -0.25) is 4.79 Å². The molecule has 0 spiro atoms. The monoisotopic (exact) mass is 444 g/mol. The molecule has 0 aliphatic carbocycles. The van der Waals surface area contributed by atoms with Gasteiger partial charge in [-0.05, 0) is 63.1 Å². The minimum Gasteiger partial charge on any atom is -0.494 e. The summed E-state index contributed by atoms with van der Waals surface area (Å²) in [6.45, 7) is 8.88. The number of carbonyl (C=O) groups excluding carboxylic acids is 1. The molecular formula is C24H32N2O4S. The number of carbonyl (C=O) groups is 1. The summed E-state index contributed by atoms with van der Waals surface area (Å²) in [4.78, 5) is 17.4. The summed E-state index contributed by atoms with van der Waals surface area (Å²) in [5.74, 6) is 0.607. The third kappa shape index (κ3) is 5.79. The van der Waals surface area contributed by atoms with Crippen LogP contribution in [0.5, 0.6) is 5.75 Å². The molecule has 6 nitrogen and oxygen atoms in total. The molecule has 2 aromatic carbocycles. The first-order chi connectivity index (χ1) is 14.9. The number of ether oxygens (including phenoxy) is 1. The summed E-state index contributed by atoms with van der Waals surface area (Å²) in [5, 5.41) is 0. The number of amides is 1. The number of hydrogen-bond donors (Lipinski definition) is 0. The van der Waals surface area contributed by atoms with Gasteiger partial charge >= 0.3 is 0 Å². The minimum atomic E-state index is -3.12. The number of hydrogen-bond acceptors (Lipinski definition) is 5. The Kier molecular flexibility index (Phi) is 7.59. The van der Waals surface area contributed by atoms with Crippen molar-refractivity contribution < 1.29 is 17.9 Å². The van der Waals surface area contributed by atoms with Gasteiger partial charge in [-0.15, -0.1) is 0 Å². The summed E-state index contributed by atoms with van der Waals surface area (Å²) in [6, 6.07) is 14.9. The second-order valence-electron chi connectivity index (χ2n) is 7.79. The van der Waals surface area contributed by atoms with Crippen LogP contribution >= 0.6 is 0 Å². The highest BCUT2D eigenvalue weighted by molar-refractivity contribution is 7.91. The van der Waals surface area contributed by atoms with Crippen molar-refractivity contribution in [3.05, 3.63) is 59.7 Å². The van der Waals surface area contributed by atoms with Crippen molar-refractivity contribution >= 4 is 21.4 Å². The van der Waals surface area contributed by atoms with Crippen LogP contribution in [0.4, 0.5) is 5.69 Å². The second-order valence-corrected chi connectivity index (χ2v) is 10.0. The van der Waals surface area contributed by atoms with Crippen molar-refractivity contribution in [2.24, 2.45) is 0 Å². The van der Waals surface area contributed by atoms with Crippen molar-refractivity contribution in [1.82, 2.24) is 4.90 Å². The van der Waals surface area contributed by atoms with E-state index in [1.165, 1.54) is 0 Å². The van der Waals surface area contributed by atoms with E-state index in [9.17, 15) is 13.2 Å². The molecule has 1 aliphatic rings. The Bertz CT molecular complexity index is 985. The van der Waals surface area contributed by atoms with Crippen LogP contribution in [0.1, 0.15) is 43.1 Å². The normalized spacial score (nSPS) is 17.3. The van der Waals surface area contributed by atoms with Crippen LogP contribution in [0.25, 0.3) is 0 Å². The Morgan fingerprint density at radius 3 is 2.35 bits per heavy atom. The summed E-state index contributed by atoms with van der Waals surface area (Å²) in [5.41, 5.74) is 2.63. The number of rotatable bonds is 9. The van der Waals surface area contributed by atoms with E-state index in [-0.39, 0.29) is 23.5 Å². The van der Waals surface area contributed by atoms with Crippen LogP contribution in [0.2, 0.25) is 0 Å². The molecular weight excluding hydrogens is 412 g/mol. The molecule has 1 heterocycles. The lowest BCUT2D eigenvalue weighted by Gasteiger charge is -2.29. The molecule has 1 aliphatic heterocycles. The van der Waals surface area contributed by atoms with Gasteiger partial charge < -0.3 is 14.5 Å². The maximum atomic E-state index is 13.4. The summed E-state index contributed by atoms with van der Waals surface area (Å²) >= 11 is 0. The second kappa shape index (κ2) is 10.2. The highest BCUT2D eigenvalue weighted by atomic mass is 32.2. The molecule has 7 heteroatoms. The van der Waals surface area contributed by atoms with Crippen molar-refractivity contribution in [3.63, 3.8) is 0 Å². The molecule has 1 fully saturated rings. The van der Waals surface area contributed by atoms with Crippen LogP contribution < -0.4 is 9.64 Å². The van der Waals surface area contributed by atoms with Gasteiger partial charge in [0.05, 0.1) is 18.1 Å². The first-order valence-electron chi connectivity index (χ1n) is 10.9. The lowest BCUT2D eigenvalue weighted by Crippen LogP contribution is -2.40. The molecule has 0 saturated carbocycles. The molecule has 2 aromatic rings. The maximum Gasteiger partial charge on any atom is 0.254 e. The molecule has 0 bridgehead atoms. The van der Waals surface area contributed by atoms with Gasteiger partial charge in [0.15, 0.2) is 9.84 Å². The van der Waals surface area contributed by atoms with E-state index in [4.69, 9.17) is 4.74 Å². The van der Waals surface area contributed by atoms with Crippen LogP contribution in [-0.4, -0.2) is 56.5 Å². The first-order valence-corrected chi connectivity index (χ1v) is 12.8. The average Bonchev–Trinajstić information content (AvgIpc) is 3.13. The fourth-order valence-electron chi connectivity index (χ4n) is 4.04. The van der Waals surface area contributed by atoms with E-state index in [1.807, 2.05) is 25.1 Å². The molecule has 168 valence electrons. The molecule has 0 N–H and O–H groups in total. The van der Waals surface area contributed by atoms with Crippen LogP contribution in [0.15, 0.2) is 48.5 Å². The maximum absolute atomic E-state index is 13.4. The third-order valence-electron chi connectivity index (χ3n) is 5.72. The Labute approximate surface area is 185 Å². The molecule has 1 saturated heterocycles. The van der Waals surface area contributed by atoms with Gasteiger partial charge in [0, 0.05) is 36.9 Å². The van der Waals surface area contributed by atoms with Gasteiger partial charge in [0.25, 0.3) is 5.91 Å². The predicted molar refractivity (Wildman–Crippen MR) is 125 cm³/mol.